The van der Waals surface area contributed by atoms with Crippen molar-refractivity contribution in [3.8, 4) is 0 Å². The van der Waals surface area contributed by atoms with Gasteiger partial charge in [-0.15, -0.1) is 0 Å². The van der Waals surface area contributed by atoms with Crippen molar-refractivity contribution in [3.63, 3.8) is 0 Å². The van der Waals surface area contributed by atoms with Crippen LogP contribution in [0.5, 0.6) is 0 Å². The van der Waals surface area contributed by atoms with Crippen LogP contribution < -0.4 is 10.7 Å². The van der Waals surface area contributed by atoms with Crippen LogP contribution in [0.25, 0.3) is 0 Å². The van der Waals surface area contributed by atoms with Crippen LogP contribution in [0.3, 0.4) is 0 Å². The van der Waals surface area contributed by atoms with Crippen LogP contribution >= 0.6 is 23.8 Å². The van der Waals surface area contributed by atoms with E-state index in [1.807, 2.05) is 0 Å². The van der Waals surface area contributed by atoms with Crippen LogP contribution in [0.4, 0.5) is 4.39 Å². The first kappa shape index (κ1) is 15.9. The molecule has 0 aromatic heterocycles. The summed E-state index contributed by atoms with van der Waals surface area (Å²) in [7, 11) is 0. The van der Waals surface area contributed by atoms with Crippen LogP contribution in [0, 0.1) is 5.82 Å². The number of thiocarbonyl (C=S) groups is 1. The van der Waals surface area contributed by atoms with E-state index in [0.29, 0.717) is 10.1 Å². The molecule has 19 heavy (non-hydrogen) atoms. The van der Waals surface area contributed by atoms with E-state index < -0.39 is 5.82 Å². The van der Waals surface area contributed by atoms with E-state index in [9.17, 15) is 4.39 Å². The summed E-state index contributed by atoms with van der Waals surface area (Å²) in [5, 5.41) is 7.60. The van der Waals surface area contributed by atoms with Gasteiger partial charge in [-0.05, 0) is 30.8 Å². The van der Waals surface area contributed by atoms with Crippen molar-refractivity contribution in [1.29, 1.82) is 0 Å². The predicted octanol–water partition coefficient (Wildman–Crippen LogP) is 3.47. The number of hydrogen-bond acceptors (Lipinski definition) is 2. The Kier molecular flexibility index (Phi) is 7.36. The average Bonchev–Trinajstić information content (AvgIpc) is 2.38. The van der Waals surface area contributed by atoms with Crippen LogP contribution in [-0.4, -0.2) is 17.9 Å². The number of hydrazone groups is 1. The number of halogens is 2. The highest BCUT2D eigenvalue weighted by atomic mass is 35.5. The minimum Gasteiger partial charge on any atom is -0.361 e. The number of nitrogens with zero attached hydrogens (tertiary/aromatic N) is 1. The minimum absolute atomic E-state index is 0.241. The van der Waals surface area contributed by atoms with E-state index in [1.165, 1.54) is 12.3 Å². The van der Waals surface area contributed by atoms with Gasteiger partial charge >= 0.3 is 0 Å². The molecule has 0 heterocycles. The monoisotopic (exact) mass is 301 g/mol. The first-order valence-electron chi connectivity index (χ1n) is 6.16. The SMILES string of the molecule is CCCCCNC(=S)N/N=C\c1c(F)cccc1Cl. The van der Waals surface area contributed by atoms with E-state index in [2.05, 4.69) is 22.8 Å². The summed E-state index contributed by atoms with van der Waals surface area (Å²) < 4.78 is 13.4. The molecule has 1 aromatic rings. The lowest BCUT2D eigenvalue weighted by Gasteiger charge is -2.06. The second kappa shape index (κ2) is 8.82. The molecule has 104 valence electrons. The molecule has 3 nitrogen and oxygen atoms in total. The fourth-order valence-electron chi connectivity index (χ4n) is 1.41. The number of unbranched alkanes of at least 4 members (excludes halogenated alkanes) is 2. The van der Waals surface area contributed by atoms with Gasteiger partial charge in [-0.25, -0.2) is 4.39 Å². The molecule has 0 unspecified atom stereocenters. The topological polar surface area (TPSA) is 36.4 Å². The molecule has 0 spiro atoms. The van der Waals surface area contributed by atoms with Gasteiger partial charge in [-0.2, -0.15) is 5.10 Å². The lowest BCUT2D eigenvalue weighted by Crippen LogP contribution is -2.32. The summed E-state index contributed by atoms with van der Waals surface area (Å²) in [6, 6.07) is 4.48. The van der Waals surface area contributed by atoms with Crippen LogP contribution in [0.2, 0.25) is 5.02 Å². The van der Waals surface area contributed by atoms with Crippen LogP contribution in [0.1, 0.15) is 31.7 Å². The van der Waals surface area contributed by atoms with Gasteiger partial charge in [-0.3, -0.25) is 5.43 Å². The second-order valence-corrected chi connectivity index (χ2v) is 4.78. The van der Waals surface area contributed by atoms with Crippen molar-refractivity contribution in [2.45, 2.75) is 26.2 Å². The van der Waals surface area contributed by atoms with E-state index in [4.69, 9.17) is 23.8 Å². The van der Waals surface area contributed by atoms with Gasteiger partial charge in [0.1, 0.15) is 5.82 Å². The van der Waals surface area contributed by atoms with Crippen molar-refractivity contribution >= 4 is 35.1 Å². The maximum Gasteiger partial charge on any atom is 0.186 e. The maximum absolute atomic E-state index is 13.4. The van der Waals surface area contributed by atoms with Gasteiger partial charge in [-0.1, -0.05) is 37.4 Å². The Morgan fingerprint density at radius 2 is 2.26 bits per heavy atom. The third kappa shape index (κ3) is 5.98. The molecule has 0 amide bonds. The fourth-order valence-corrected chi connectivity index (χ4v) is 1.77. The molecular formula is C13H17ClFN3S. The Morgan fingerprint density at radius 3 is 2.95 bits per heavy atom. The lowest BCUT2D eigenvalue weighted by molar-refractivity contribution is 0.626. The third-order valence-corrected chi connectivity index (χ3v) is 2.99. The molecule has 0 bridgehead atoms. The minimum atomic E-state index is -0.417. The Labute approximate surface area is 123 Å². The zero-order chi connectivity index (χ0) is 14.1. The molecule has 2 N–H and O–H groups in total. The smallest absolute Gasteiger partial charge is 0.186 e. The first-order chi connectivity index (χ1) is 9.15. The van der Waals surface area contributed by atoms with Crippen molar-refractivity contribution in [2.75, 3.05) is 6.54 Å². The molecule has 0 radical (unpaired) electrons. The summed E-state index contributed by atoms with van der Waals surface area (Å²) in [6.07, 6.45) is 4.69. The van der Waals surface area contributed by atoms with Crippen molar-refractivity contribution < 1.29 is 4.39 Å². The van der Waals surface area contributed by atoms with Crippen LogP contribution in [-0.2, 0) is 0 Å². The molecule has 1 rings (SSSR count). The largest absolute Gasteiger partial charge is 0.361 e. The number of nitrogens with one attached hydrogen (secondary N) is 2. The van der Waals surface area contributed by atoms with Gasteiger partial charge in [0.2, 0.25) is 0 Å². The standard InChI is InChI=1S/C13H17ClFN3S/c1-2-3-4-8-16-13(19)18-17-9-10-11(14)6-5-7-12(10)15/h5-7,9H,2-4,8H2,1H3,(H2,16,18,19)/b17-9-. The maximum atomic E-state index is 13.4. The summed E-state index contributed by atoms with van der Waals surface area (Å²) in [4.78, 5) is 0. The summed E-state index contributed by atoms with van der Waals surface area (Å²) >= 11 is 10.9. The van der Waals surface area contributed by atoms with Crippen molar-refractivity contribution in [2.24, 2.45) is 5.10 Å². The summed E-state index contributed by atoms with van der Waals surface area (Å²) in [5.41, 5.74) is 2.87. The van der Waals surface area contributed by atoms with Crippen molar-refractivity contribution in [3.05, 3.63) is 34.6 Å². The fraction of sp³-hybridized carbons (Fsp3) is 0.385. The number of rotatable bonds is 6. The average molecular weight is 302 g/mol. The third-order valence-electron chi connectivity index (χ3n) is 2.43. The molecule has 0 aliphatic rings. The highest BCUT2D eigenvalue weighted by Crippen LogP contribution is 2.16. The van der Waals surface area contributed by atoms with Gasteiger partial charge < -0.3 is 5.32 Å². The van der Waals surface area contributed by atoms with E-state index in [0.717, 1.165) is 25.8 Å². The molecule has 6 heteroatoms. The van der Waals surface area contributed by atoms with E-state index in [-0.39, 0.29) is 5.56 Å². The van der Waals surface area contributed by atoms with Crippen LogP contribution in [0.15, 0.2) is 23.3 Å². The lowest BCUT2D eigenvalue weighted by atomic mass is 10.2. The molecule has 1 aromatic carbocycles. The molecular weight excluding hydrogens is 285 g/mol. The Hall–Kier alpha value is -1.20. The molecule has 0 fully saturated rings. The molecule has 0 saturated carbocycles. The molecule has 0 saturated heterocycles. The zero-order valence-corrected chi connectivity index (χ0v) is 12.3. The van der Waals surface area contributed by atoms with E-state index in [1.54, 1.807) is 12.1 Å². The van der Waals surface area contributed by atoms with Gasteiger partial charge in [0.25, 0.3) is 0 Å². The highest BCUT2D eigenvalue weighted by molar-refractivity contribution is 7.80. The summed E-state index contributed by atoms with van der Waals surface area (Å²) in [5.74, 6) is -0.417. The van der Waals surface area contributed by atoms with E-state index >= 15 is 0 Å². The predicted molar refractivity (Wildman–Crippen MR) is 82.3 cm³/mol. The Morgan fingerprint density at radius 1 is 1.47 bits per heavy atom. The zero-order valence-electron chi connectivity index (χ0n) is 10.7. The van der Waals surface area contributed by atoms with Gasteiger partial charge in [0.05, 0.1) is 11.2 Å². The molecule has 0 aliphatic carbocycles. The van der Waals surface area contributed by atoms with Gasteiger partial charge in [0, 0.05) is 12.1 Å². The number of hydrogen-bond donors (Lipinski definition) is 2. The molecule has 0 aliphatic heterocycles. The molecule has 0 atom stereocenters. The summed E-state index contributed by atoms with van der Waals surface area (Å²) in [6.45, 7) is 2.94. The normalized spacial score (nSPS) is 10.7. The second-order valence-electron chi connectivity index (χ2n) is 3.97. The van der Waals surface area contributed by atoms with Crippen molar-refractivity contribution in [1.82, 2.24) is 10.7 Å². The Bertz CT molecular complexity index is 431. The Balaban J connectivity index is 2.39. The quantitative estimate of drug-likeness (QED) is 0.366. The first-order valence-corrected chi connectivity index (χ1v) is 6.94. The highest BCUT2D eigenvalue weighted by Gasteiger charge is 2.03. The van der Waals surface area contributed by atoms with Gasteiger partial charge in [0.15, 0.2) is 5.11 Å². The number of benzene rings is 1.